The van der Waals surface area contributed by atoms with E-state index in [9.17, 15) is 18.0 Å². The Balaban J connectivity index is 1.59. The minimum absolute atomic E-state index is 0.274. The lowest BCUT2D eigenvalue weighted by atomic mass is 9.64. The average Bonchev–Trinajstić information content (AvgIpc) is 2.97. The van der Waals surface area contributed by atoms with Crippen molar-refractivity contribution in [2.75, 3.05) is 0 Å². The Morgan fingerprint density at radius 3 is 2.67 bits per heavy atom. The number of esters is 1. The minimum atomic E-state index is -2.93. The third-order valence-corrected chi connectivity index (χ3v) is 6.57. The van der Waals surface area contributed by atoms with E-state index < -0.39 is 42.2 Å². The summed E-state index contributed by atoms with van der Waals surface area (Å²) in [6.45, 7) is 5.00. The van der Waals surface area contributed by atoms with E-state index in [0.717, 1.165) is 0 Å². The van der Waals surface area contributed by atoms with Gasteiger partial charge in [-0.3, -0.25) is 9.78 Å². The van der Waals surface area contributed by atoms with E-state index in [-0.39, 0.29) is 11.7 Å². The summed E-state index contributed by atoms with van der Waals surface area (Å²) in [7, 11) is 0. The molecule has 6 heteroatoms. The number of alkyl halides is 2. The van der Waals surface area contributed by atoms with Crippen LogP contribution in [0.15, 0.2) is 42.6 Å². The van der Waals surface area contributed by atoms with Crippen LogP contribution in [0.1, 0.15) is 31.5 Å². The molecule has 1 saturated heterocycles. The van der Waals surface area contributed by atoms with Gasteiger partial charge >= 0.3 is 5.97 Å². The molecular formula is C24H24F3NO2. The highest BCUT2D eigenvalue weighted by atomic mass is 19.3. The van der Waals surface area contributed by atoms with Crippen molar-refractivity contribution >= 4 is 12.0 Å². The van der Waals surface area contributed by atoms with Crippen molar-refractivity contribution < 1.29 is 22.7 Å². The number of hydrogen-bond donors (Lipinski definition) is 0. The molecule has 0 radical (unpaired) electrons. The number of halogens is 3. The topological polar surface area (TPSA) is 39.2 Å². The molecule has 1 aliphatic heterocycles. The van der Waals surface area contributed by atoms with Crippen LogP contribution in [0.2, 0.25) is 0 Å². The highest BCUT2D eigenvalue weighted by Gasteiger charge is 2.59. The van der Waals surface area contributed by atoms with Crippen molar-refractivity contribution in [3.8, 4) is 11.1 Å². The molecule has 0 amide bonds. The van der Waals surface area contributed by atoms with Crippen molar-refractivity contribution in [1.82, 2.24) is 4.98 Å². The molecule has 2 fully saturated rings. The summed E-state index contributed by atoms with van der Waals surface area (Å²) >= 11 is 0. The molecule has 30 heavy (non-hydrogen) atoms. The highest BCUT2D eigenvalue weighted by Crippen LogP contribution is 2.52. The summed E-state index contributed by atoms with van der Waals surface area (Å²) in [6.07, 6.45) is 4.15. The lowest BCUT2D eigenvalue weighted by molar-refractivity contribution is -0.152. The van der Waals surface area contributed by atoms with Crippen molar-refractivity contribution in [3.05, 3.63) is 59.7 Å². The molecule has 0 unspecified atom stereocenters. The Morgan fingerprint density at radius 1 is 1.20 bits per heavy atom. The highest BCUT2D eigenvalue weighted by molar-refractivity contribution is 5.76. The molecule has 1 saturated carbocycles. The Morgan fingerprint density at radius 2 is 1.97 bits per heavy atom. The van der Waals surface area contributed by atoms with Gasteiger partial charge in [-0.1, -0.05) is 37.3 Å². The Bertz CT molecular complexity index is 986. The molecule has 1 aromatic heterocycles. The molecule has 158 valence electrons. The van der Waals surface area contributed by atoms with Gasteiger partial charge in [0.15, 0.2) is 0 Å². The van der Waals surface area contributed by atoms with E-state index in [2.05, 4.69) is 4.98 Å². The van der Waals surface area contributed by atoms with E-state index >= 15 is 0 Å². The maximum atomic E-state index is 14.5. The number of ether oxygens (including phenoxy) is 1. The molecule has 0 spiro atoms. The monoisotopic (exact) mass is 415 g/mol. The molecule has 4 rings (SSSR count). The zero-order chi connectivity index (χ0) is 21.6. The number of carbonyl (C=O) groups is 1. The van der Waals surface area contributed by atoms with E-state index in [4.69, 9.17) is 4.74 Å². The molecular weight excluding hydrogens is 391 g/mol. The van der Waals surface area contributed by atoms with Crippen LogP contribution < -0.4 is 0 Å². The molecule has 2 aliphatic rings. The average molecular weight is 415 g/mol. The molecule has 5 atom stereocenters. The smallest absolute Gasteiger partial charge is 0.309 e. The second-order valence-corrected chi connectivity index (χ2v) is 8.42. The lowest BCUT2D eigenvalue weighted by Crippen LogP contribution is -2.46. The SMILES string of the molecule is Cc1cccc(-c2ccc(/C=C/[C@@H]3[C@@H]4[C@@H](C)OC(=O)[C@@H]4CC(F)(F)[C@H]3C)nc2)c1F. The molecule has 0 bridgehead atoms. The third-order valence-electron chi connectivity index (χ3n) is 6.57. The first-order valence-corrected chi connectivity index (χ1v) is 10.2. The van der Waals surface area contributed by atoms with Gasteiger partial charge in [0.1, 0.15) is 11.9 Å². The number of nitrogens with zero attached hydrogens (tertiary/aromatic N) is 1. The van der Waals surface area contributed by atoms with Crippen LogP contribution in [0.25, 0.3) is 17.2 Å². The molecule has 1 aliphatic carbocycles. The Hall–Kier alpha value is -2.63. The van der Waals surface area contributed by atoms with Gasteiger partial charge in [0.25, 0.3) is 5.92 Å². The van der Waals surface area contributed by atoms with Gasteiger partial charge in [-0.25, -0.2) is 13.2 Å². The van der Waals surface area contributed by atoms with Crippen LogP contribution in [0.3, 0.4) is 0 Å². The van der Waals surface area contributed by atoms with Gasteiger partial charge in [0, 0.05) is 35.6 Å². The number of carbonyl (C=O) groups excluding carboxylic acids is 1. The van der Waals surface area contributed by atoms with Crippen molar-refractivity contribution in [3.63, 3.8) is 0 Å². The number of hydrogen-bond acceptors (Lipinski definition) is 3. The zero-order valence-corrected chi connectivity index (χ0v) is 17.1. The number of aromatic nitrogens is 1. The van der Waals surface area contributed by atoms with Gasteiger partial charge in [0.2, 0.25) is 0 Å². The Kier molecular flexibility index (Phi) is 5.20. The molecule has 0 N–H and O–H groups in total. The molecule has 1 aromatic carbocycles. The molecule has 3 nitrogen and oxygen atoms in total. The number of benzene rings is 1. The summed E-state index contributed by atoms with van der Waals surface area (Å²) < 4.78 is 48.7. The summed E-state index contributed by atoms with van der Waals surface area (Å²) in [5, 5.41) is 0. The first kappa shape index (κ1) is 20.6. The van der Waals surface area contributed by atoms with Crippen molar-refractivity contribution in [2.45, 2.75) is 39.2 Å². The minimum Gasteiger partial charge on any atom is -0.462 e. The number of fused-ring (bicyclic) bond motifs is 1. The van der Waals surface area contributed by atoms with Crippen LogP contribution in [0, 0.1) is 36.4 Å². The second-order valence-electron chi connectivity index (χ2n) is 8.42. The van der Waals surface area contributed by atoms with E-state index in [0.29, 0.717) is 22.4 Å². The van der Waals surface area contributed by atoms with E-state index in [1.165, 1.54) is 6.92 Å². The predicted molar refractivity (Wildman–Crippen MR) is 108 cm³/mol. The summed E-state index contributed by atoms with van der Waals surface area (Å²) in [5.74, 6) is -6.21. The predicted octanol–water partition coefficient (Wildman–Crippen LogP) is 5.68. The summed E-state index contributed by atoms with van der Waals surface area (Å²) in [5.41, 5.74) is 2.26. The van der Waals surface area contributed by atoms with Crippen LogP contribution in [-0.4, -0.2) is 23.0 Å². The number of pyridine rings is 1. The third kappa shape index (κ3) is 3.53. The van der Waals surface area contributed by atoms with Crippen molar-refractivity contribution in [2.24, 2.45) is 23.7 Å². The normalized spacial score (nSPS) is 30.3. The maximum absolute atomic E-state index is 14.5. The molecule has 2 aromatic rings. The lowest BCUT2D eigenvalue weighted by Gasteiger charge is -2.41. The van der Waals surface area contributed by atoms with Gasteiger partial charge in [-0.15, -0.1) is 0 Å². The first-order chi connectivity index (χ1) is 14.2. The summed E-state index contributed by atoms with van der Waals surface area (Å²) in [6, 6.07) is 8.68. The fourth-order valence-electron chi connectivity index (χ4n) is 4.77. The quantitative estimate of drug-likeness (QED) is 0.606. The van der Waals surface area contributed by atoms with Gasteiger partial charge in [-0.05, 0) is 37.5 Å². The van der Waals surface area contributed by atoms with Crippen LogP contribution >= 0.6 is 0 Å². The van der Waals surface area contributed by atoms with Crippen LogP contribution in [0.5, 0.6) is 0 Å². The van der Waals surface area contributed by atoms with Gasteiger partial charge in [0.05, 0.1) is 11.6 Å². The van der Waals surface area contributed by atoms with Crippen molar-refractivity contribution in [1.29, 1.82) is 0 Å². The maximum Gasteiger partial charge on any atom is 0.309 e. The number of cyclic esters (lactones) is 1. The fraction of sp³-hybridized carbons (Fsp3) is 0.417. The number of allylic oxidation sites excluding steroid dienone is 1. The summed E-state index contributed by atoms with van der Waals surface area (Å²) in [4.78, 5) is 16.4. The number of aryl methyl sites for hydroxylation is 1. The van der Waals surface area contributed by atoms with Crippen LogP contribution in [0.4, 0.5) is 13.2 Å². The van der Waals surface area contributed by atoms with E-state index in [1.807, 2.05) is 0 Å². The van der Waals surface area contributed by atoms with E-state index in [1.54, 1.807) is 62.5 Å². The fourth-order valence-corrected chi connectivity index (χ4v) is 4.77. The van der Waals surface area contributed by atoms with Crippen LogP contribution in [-0.2, 0) is 9.53 Å². The largest absolute Gasteiger partial charge is 0.462 e. The second kappa shape index (κ2) is 7.56. The first-order valence-electron chi connectivity index (χ1n) is 10.2. The standard InChI is InChI=1S/C24H24F3NO2/c1-13-5-4-6-19(22(13)25)16-7-8-17(28-12-16)9-10-18-14(2)24(26,27)11-20-21(18)15(3)30-23(20)29/h4-10,12,14-15,18,20-21H,11H2,1-3H3/b10-9+/t14-,15+,18-,20+,21-/m0/s1. The van der Waals surface area contributed by atoms with Gasteiger partial charge < -0.3 is 4.74 Å². The van der Waals surface area contributed by atoms with Gasteiger partial charge in [-0.2, -0.15) is 0 Å². The Labute approximate surface area is 174 Å². The zero-order valence-electron chi connectivity index (χ0n) is 17.1. The number of rotatable bonds is 3. The molecule has 2 heterocycles.